The Labute approximate surface area is 110 Å². The third-order valence-electron chi connectivity index (χ3n) is 2.93. The van der Waals surface area contributed by atoms with Crippen molar-refractivity contribution in [3.8, 4) is 5.75 Å². The topological polar surface area (TPSA) is 72.6 Å². The standard InChI is InChI=1S/C14H15NO4/c1-18-13-4-2-3-10(7-13)5-12(14(16)17)6-11-8-15-19-9-11/h2-4,7-9,12H,5-6H2,1H3,(H,16,17). The van der Waals surface area contributed by atoms with Crippen LogP contribution in [0.1, 0.15) is 11.1 Å². The minimum atomic E-state index is -0.830. The van der Waals surface area contributed by atoms with Gasteiger partial charge in [0.2, 0.25) is 0 Å². The number of hydrogen-bond donors (Lipinski definition) is 1. The summed E-state index contributed by atoms with van der Waals surface area (Å²) in [5, 5.41) is 12.9. The summed E-state index contributed by atoms with van der Waals surface area (Å²) < 4.78 is 9.85. The number of aromatic nitrogens is 1. The lowest BCUT2D eigenvalue weighted by Gasteiger charge is -2.11. The first-order chi connectivity index (χ1) is 9.19. The molecule has 0 spiro atoms. The Morgan fingerprint density at radius 2 is 2.21 bits per heavy atom. The molecular weight excluding hydrogens is 246 g/mol. The molecule has 0 fully saturated rings. The van der Waals surface area contributed by atoms with E-state index in [4.69, 9.17) is 9.26 Å². The van der Waals surface area contributed by atoms with Crippen LogP contribution >= 0.6 is 0 Å². The normalized spacial score (nSPS) is 12.1. The highest BCUT2D eigenvalue weighted by Gasteiger charge is 2.19. The van der Waals surface area contributed by atoms with Crippen LogP contribution in [0.15, 0.2) is 41.2 Å². The predicted octanol–water partition coefficient (Wildman–Crippen LogP) is 2.17. The molecule has 0 aliphatic carbocycles. The first-order valence-electron chi connectivity index (χ1n) is 5.93. The average molecular weight is 261 g/mol. The quantitative estimate of drug-likeness (QED) is 0.862. The maximum absolute atomic E-state index is 11.3. The van der Waals surface area contributed by atoms with E-state index in [1.54, 1.807) is 13.3 Å². The van der Waals surface area contributed by atoms with Crippen molar-refractivity contribution in [3.05, 3.63) is 47.9 Å². The van der Waals surface area contributed by atoms with E-state index < -0.39 is 11.9 Å². The molecule has 5 nitrogen and oxygen atoms in total. The Kier molecular flexibility index (Phi) is 4.18. The van der Waals surface area contributed by atoms with E-state index in [-0.39, 0.29) is 0 Å². The van der Waals surface area contributed by atoms with Crippen molar-refractivity contribution in [1.82, 2.24) is 5.16 Å². The second kappa shape index (κ2) is 6.04. The summed E-state index contributed by atoms with van der Waals surface area (Å²) in [5.74, 6) is -0.609. The fourth-order valence-corrected chi connectivity index (χ4v) is 1.94. The van der Waals surface area contributed by atoms with Crippen LogP contribution in [0.4, 0.5) is 0 Å². The molecular formula is C14H15NO4. The molecule has 2 aromatic rings. The minimum Gasteiger partial charge on any atom is -0.497 e. The van der Waals surface area contributed by atoms with Gasteiger partial charge in [0, 0.05) is 5.56 Å². The highest BCUT2D eigenvalue weighted by Crippen LogP contribution is 2.19. The molecule has 100 valence electrons. The van der Waals surface area contributed by atoms with E-state index in [9.17, 15) is 9.90 Å². The molecule has 5 heteroatoms. The van der Waals surface area contributed by atoms with Crippen molar-refractivity contribution in [2.45, 2.75) is 12.8 Å². The molecule has 0 bridgehead atoms. The highest BCUT2D eigenvalue weighted by molar-refractivity contribution is 5.70. The summed E-state index contributed by atoms with van der Waals surface area (Å²) in [4.78, 5) is 11.3. The fourth-order valence-electron chi connectivity index (χ4n) is 1.94. The second-order valence-corrected chi connectivity index (χ2v) is 4.33. The van der Waals surface area contributed by atoms with Crippen molar-refractivity contribution < 1.29 is 19.2 Å². The molecule has 2 rings (SSSR count). The van der Waals surface area contributed by atoms with Crippen LogP contribution in [-0.4, -0.2) is 23.3 Å². The number of benzene rings is 1. The van der Waals surface area contributed by atoms with Gasteiger partial charge in [-0.25, -0.2) is 0 Å². The number of nitrogens with zero attached hydrogens (tertiary/aromatic N) is 1. The Hall–Kier alpha value is -2.30. The lowest BCUT2D eigenvalue weighted by molar-refractivity contribution is -0.141. The molecule has 1 heterocycles. The average Bonchev–Trinajstić information content (AvgIpc) is 2.91. The number of carboxylic acids is 1. The third kappa shape index (κ3) is 3.58. The van der Waals surface area contributed by atoms with Crippen LogP contribution < -0.4 is 4.74 Å². The van der Waals surface area contributed by atoms with Gasteiger partial charge in [0.25, 0.3) is 0 Å². The van der Waals surface area contributed by atoms with Crippen molar-refractivity contribution >= 4 is 5.97 Å². The molecule has 1 unspecified atom stereocenters. The lowest BCUT2D eigenvalue weighted by Crippen LogP contribution is -2.19. The second-order valence-electron chi connectivity index (χ2n) is 4.33. The zero-order valence-corrected chi connectivity index (χ0v) is 10.6. The van der Waals surface area contributed by atoms with Crippen LogP contribution in [0.2, 0.25) is 0 Å². The van der Waals surface area contributed by atoms with Gasteiger partial charge in [0.1, 0.15) is 12.0 Å². The highest BCUT2D eigenvalue weighted by atomic mass is 16.5. The Morgan fingerprint density at radius 1 is 1.42 bits per heavy atom. The third-order valence-corrected chi connectivity index (χ3v) is 2.93. The van der Waals surface area contributed by atoms with Gasteiger partial charge in [-0.15, -0.1) is 0 Å². The summed E-state index contributed by atoms with van der Waals surface area (Å²) in [6, 6.07) is 7.43. The van der Waals surface area contributed by atoms with E-state index in [0.717, 1.165) is 16.9 Å². The Morgan fingerprint density at radius 3 is 2.84 bits per heavy atom. The fraction of sp³-hybridized carbons (Fsp3) is 0.286. The van der Waals surface area contributed by atoms with Gasteiger partial charge in [-0.05, 0) is 30.5 Å². The SMILES string of the molecule is COc1cccc(CC(Cc2cnoc2)C(=O)O)c1. The number of hydrogen-bond acceptors (Lipinski definition) is 4. The number of aliphatic carboxylic acids is 1. The van der Waals surface area contributed by atoms with Gasteiger partial charge in [0.05, 0.1) is 19.2 Å². The van der Waals surface area contributed by atoms with E-state index in [0.29, 0.717) is 12.8 Å². The predicted molar refractivity (Wildman–Crippen MR) is 68.0 cm³/mol. The van der Waals surface area contributed by atoms with Crippen LogP contribution in [0, 0.1) is 5.92 Å². The smallest absolute Gasteiger partial charge is 0.307 e. The summed E-state index contributed by atoms with van der Waals surface area (Å²) in [6.07, 6.45) is 3.86. The van der Waals surface area contributed by atoms with Crippen LogP contribution in [0.3, 0.4) is 0 Å². The maximum atomic E-state index is 11.3. The molecule has 0 aliphatic rings. The van der Waals surface area contributed by atoms with Crippen molar-refractivity contribution in [1.29, 1.82) is 0 Å². The largest absolute Gasteiger partial charge is 0.497 e. The van der Waals surface area contributed by atoms with Crippen molar-refractivity contribution in [2.75, 3.05) is 7.11 Å². The molecule has 1 aromatic heterocycles. The zero-order valence-electron chi connectivity index (χ0n) is 10.6. The zero-order chi connectivity index (χ0) is 13.7. The van der Waals surface area contributed by atoms with Crippen molar-refractivity contribution in [3.63, 3.8) is 0 Å². The van der Waals surface area contributed by atoms with E-state index >= 15 is 0 Å². The number of carboxylic acid groups (broad SMARTS) is 1. The van der Waals surface area contributed by atoms with E-state index in [1.165, 1.54) is 6.26 Å². The maximum Gasteiger partial charge on any atom is 0.307 e. The first kappa shape index (κ1) is 13.1. The van der Waals surface area contributed by atoms with E-state index in [1.807, 2.05) is 24.3 Å². The summed E-state index contributed by atoms with van der Waals surface area (Å²) in [5.41, 5.74) is 1.72. The van der Waals surface area contributed by atoms with Crippen LogP contribution in [0.25, 0.3) is 0 Å². The Balaban J connectivity index is 2.09. The van der Waals surface area contributed by atoms with Gasteiger partial charge in [0.15, 0.2) is 0 Å². The van der Waals surface area contributed by atoms with E-state index in [2.05, 4.69) is 5.16 Å². The molecule has 19 heavy (non-hydrogen) atoms. The summed E-state index contributed by atoms with van der Waals surface area (Å²) in [7, 11) is 1.59. The molecule has 0 radical (unpaired) electrons. The van der Waals surface area contributed by atoms with Gasteiger partial charge in [-0.1, -0.05) is 17.3 Å². The number of carbonyl (C=O) groups is 1. The minimum absolute atomic E-state index is 0.399. The van der Waals surface area contributed by atoms with Crippen molar-refractivity contribution in [2.24, 2.45) is 5.92 Å². The van der Waals surface area contributed by atoms with Gasteiger partial charge in [-0.2, -0.15) is 0 Å². The first-order valence-corrected chi connectivity index (χ1v) is 5.93. The molecule has 0 amide bonds. The van der Waals surface area contributed by atoms with Crippen LogP contribution in [-0.2, 0) is 17.6 Å². The number of ether oxygens (including phenoxy) is 1. The molecule has 1 aromatic carbocycles. The number of methoxy groups -OCH3 is 1. The van der Waals surface area contributed by atoms with Gasteiger partial charge in [-0.3, -0.25) is 4.79 Å². The molecule has 0 saturated heterocycles. The molecule has 0 saturated carbocycles. The molecule has 0 aliphatic heterocycles. The summed E-state index contributed by atoms with van der Waals surface area (Å²) >= 11 is 0. The van der Waals surface area contributed by atoms with Gasteiger partial charge < -0.3 is 14.4 Å². The monoisotopic (exact) mass is 261 g/mol. The lowest BCUT2D eigenvalue weighted by atomic mass is 9.94. The van der Waals surface area contributed by atoms with Gasteiger partial charge >= 0.3 is 5.97 Å². The molecule has 1 atom stereocenters. The van der Waals surface area contributed by atoms with Crippen LogP contribution in [0.5, 0.6) is 5.75 Å². The number of rotatable bonds is 6. The summed E-state index contributed by atoms with van der Waals surface area (Å²) in [6.45, 7) is 0. The Bertz CT molecular complexity index is 536. The molecule has 1 N–H and O–H groups in total.